The standard InChI is InChI=1S/C13H29NOSi/c1-10-8-9-12(11(2)14-10)15-16(6,7)13(3,4)5/h10-12,14H,8-9H2,1-7H3. The van der Waals surface area contributed by atoms with Crippen molar-refractivity contribution in [2.75, 3.05) is 0 Å². The average molecular weight is 243 g/mol. The Morgan fingerprint density at radius 2 is 1.69 bits per heavy atom. The van der Waals surface area contributed by atoms with Crippen LogP contribution in [0.25, 0.3) is 0 Å². The van der Waals surface area contributed by atoms with Gasteiger partial charge in [-0.3, -0.25) is 0 Å². The zero-order valence-corrected chi connectivity index (χ0v) is 13.1. The van der Waals surface area contributed by atoms with E-state index in [2.05, 4.69) is 53.0 Å². The van der Waals surface area contributed by atoms with Crippen molar-refractivity contribution in [2.24, 2.45) is 0 Å². The van der Waals surface area contributed by atoms with Crippen molar-refractivity contribution in [3.8, 4) is 0 Å². The second-order valence-electron chi connectivity index (χ2n) is 6.85. The molecule has 1 aliphatic rings. The van der Waals surface area contributed by atoms with Crippen LogP contribution in [0, 0.1) is 0 Å². The van der Waals surface area contributed by atoms with E-state index in [1.165, 1.54) is 12.8 Å². The Morgan fingerprint density at radius 3 is 2.12 bits per heavy atom. The summed E-state index contributed by atoms with van der Waals surface area (Å²) in [6, 6.07) is 1.15. The minimum Gasteiger partial charge on any atom is -0.412 e. The molecule has 0 spiro atoms. The van der Waals surface area contributed by atoms with Crippen LogP contribution in [0.2, 0.25) is 18.1 Å². The molecule has 3 atom stereocenters. The Hall–Kier alpha value is 0.137. The summed E-state index contributed by atoms with van der Waals surface area (Å²) in [5, 5.41) is 3.92. The smallest absolute Gasteiger partial charge is 0.192 e. The molecule has 0 aromatic heterocycles. The monoisotopic (exact) mass is 243 g/mol. The van der Waals surface area contributed by atoms with E-state index in [0.717, 1.165) is 0 Å². The lowest BCUT2D eigenvalue weighted by Gasteiger charge is -2.43. The van der Waals surface area contributed by atoms with Gasteiger partial charge in [-0.1, -0.05) is 20.8 Å². The van der Waals surface area contributed by atoms with Crippen molar-refractivity contribution in [2.45, 2.75) is 83.8 Å². The van der Waals surface area contributed by atoms with Crippen LogP contribution < -0.4 is 5.32 Å². The first-order valence-corrected chi connectivity index (χ1v) is 9.48. The summed E-state index contributed by atoms with van der Waals surface area (Å²) in [5.41, 5.74) is 0. The first kappa shape index (κ1) is 14.2. The SMILES string of the molecule is CC1CCC(O[Si](C)(C)C(C)(C)C)C(C)N1. The highest BCUT2D eigenvalue weighted by Gasteiger charge is 2.40. The average Bonchev–Trinajstić information content (AvgIpc) is 2.08. The van der Waals surface area contributed by atoms with Gasteiger partial charge in [0, 0.05) is 12.1 Å². The highest BCUT2D eigenvalue weighted by Crippen LogP contribution is 2.38. The highest BCUT2D eigenvalue weighted by molar-refractivity contribution is 6.74. The molecule has 96 valence electrons. The van der Waals surface area contributed by atoms with Crippen molar-refractivity contribution < 1.29 is 4.43 Å². The number of hydrogen-bond donors (Lipinski definition) is 1. The molecule has 3 unspecified atom stereocenters. The second-order valence-corrected chi connectivity index (χ2v) is 11.6. The number of hydrogen-bond acceptors (Lipinski definition) is 2. The Bertz CT molecular complexity index is 235. The molecule has 1 rings (SSSR count). The second kappa shape index (κ2) is 4.79. The van der Waals surface area contributed by atoms with Gasteiger partial charge in [-0.2, -0.15) is 0 Å². The molecule has 0 radical (unpaired) electrons. The van der Waals surface area contributed by atoms with E-state index in [0.29, 0.717) is 23.2 Å². The lowest BCUT2D eigenvalue weighted by Crippen LogP contribution is -2.54. The Labute approximate surface area is 102 Å². The van der Waals surface area contributed by atoms with Gasteiger partial charge in [0.2, 0.25) is 0 Å². The predicted octanol–water partition coefficient (Wildman–Crippen LogP) is 3.54. The number of nitrogens with one attached hydrogen (secondary N) is 1. The Kier molecular flexibility index (Phi) is 4.25. The molecule has 0 aromatic rings. The Morgan fingerprint density at radius 1 is 1.12 bits per heavy atom. The van der Waals surface area contributed by atoms with Gasteiger partial charge >= 0.3 is 0 Å². The van der Waals surface area contributed by atoms with Crippen LogP contribution >= 0.6 is 0 Å². The normalized spacial score (nSPS) is 32.8. The van der Waals surface area contributed by atoms with Crippen molar-refractivity contribution >= 4 is 8.32 Å². The minimum absolute atomic E-state index is 0.315. The third-order valence-corrected chi connectivity index (χ3v) is 8.75. The molecule has 3 heteroatoms. The highest BCUT2D eigenvalue weighted by atomic mass is 28.4. The van der Waals surface area contributed by atoms with Crippen molar-refractivity contribution in [3.05, 3.63) is 0 Å². The van der Waals surface area contributed by atoms with E-state index in [1.54, 1.807) is 0 Å². The molecule has 16 heavy (non-hydrogen) atoms. The number of piperidine rings is 1. The van der Waals surface area contributed by atoms with Gasteiger partial charge < -0.3 is 9.74 Å². The fourth-order valence-corrected chi connectivity index (χ4v) is 3.45. The van der Waals surface area contributed by atoms with Gasteiger partial charge in [-0.15, -0.1) is 0 Å². The van der Waals surface area contributed by atoms with Crippen molar-refractivity contribution in [3.63, 3.8) is 0 Å². The van der Waals surface area contributed by atoms with Gasteiger partial charge in [0.15, 0.2) is 8.32 Å². The van der Waals surface area contributed by atoms with Crippen LogP contribution in [0.1, 0.15) is 47.5 Å². The number of rotatable bonds is 2. The van der Waals surface area contributed by atoms with Crippen molar-refractivity contribution in [1.29, 1.82) is 0 Å². The van der Waals surface area contributed by atoms with Crippen LogP contribution in [0.5, 0.6) is 0 Å². The fourth-order valence-electron chi connectivity index (χ4n) is 2.02. The van der Waals surface area contributed by atoms with Crippen LogP contribution in [-0.4, -0.2) is 26.5 Å². The van der Waals surface area contributed by atoms with E-state index in [9.17, 15) is 0 Å². The molecule has 0 amide bonds. The molecule has 1 fully saturated rings. The zero-order chi connectivity index (χ0) is 12.6. The maximum absolute atomic E-state index is 6.48. The van der Waals surface area contributed by atoms with Gasteiger partial charge in [0.25, 0.3) is 0 Å². The van der Waals surface area contributed by atoms with E-state index in [4.69, 9.17) is 4.43 Å². The molecule has 0 aliphatic carbocycles. The first-order chi connectivity index (χ1) is 7.13. The third-order valence-electron chi connectivity index (χ3n) is 4.24. The molecule has 1 saturated heterocycles. The van der Waals surface area contributed by atoms with E-state index < -0.39 is 8.32 Å². The minimum atomic E-state index is -1.60. The molecule has 0 aromatic carbocycles. The first-order valence-electron chi connectivity index (χ1n) is 6.57. The van der Waals surface area contributed by atoms with Gasteiger partial charge in [-0.25, -0.2) is 0 Å². The van der Waals surface area contributed by atoms with E-state index in [1.807, 2.05) is 0 Å². The summed E-state index contributed by atoms with van der Waals surface area (Å²) >= 11 is 0. The molecule has 1 heterocycles. The van der Waals surface area contributed by atoms with Crippen LogP contribution in [0.4, 0.5) is 0 Å². The summed E-state index contributed by atoms with van der Waals surface area (Å²) in [4.78, 5) is 0. The van der Waals surface area contributed by atoms with Gasteiger partial charge in [-0.05, 0) is 44.8 Å². The van der Waals surface area contributed by atoms with Crippen molar-refractivity contribution in [1.82, 2.24) is 5.32 Å². The summed E-state index contributed by atoms with van der Waals surface area (Å²) in [6.45, 7) is 16.1. The maximum Gasteiger partial charge on any atom is 0.192 e. The van der Waals surface area contributed by atoms with E-state index >= 15 is 0 Å². The molecule has 1 N–H and O–H groups in total. The van der Waals surface area contributed by atoms with Gasteiger partial charge in [0.05, 0.1) is 6.10 Å². The maximum atomic E-state index is 6.48. The largest absolute Gasteiger partial charge is 0.412 e. The van der Waals surface area contributed by atoms with E-state index in [-0.39, 0.29) is 0 Å². The lowest BCUT2D eigenvalue weighted by molar-refractivity contribution is 0.0985. The molecule has 1 aliphatic heterocycles. The Balaban J connectivity index is 2.60. The van der Waals surface area contributed by atoms with Crippen LogP contribution in [-0.2, 0) is 4.43 Å². The third kappa shape index (κ3) is 3.31. The summed E-state index contributed by atoms with van der Waals surface area (Å²) in [6.07, 6.45) is 2.86. The summed E-state index contributed by atoms with van der Waals surface area (Å²) in [7, 11) is -1.60. The predicted molar refractivity (Wildman–Crippen MR) is 73.4 cm³/mol. The van der Waals surface area contributed by atoms with Gasteiger partial charge in [0.1, 0.15) is 0 Å². The van der Waals surface area contributed by atoms with Crippen LogP contribution in [0.15, 0.2) is 0 Å². The fraction of sp³-hybridized carbons (Fsp3) is 1.00. The summed E-state index contributed by atoms with van der Waals surface area (Å²) in [5.74, 6) is 0. The molecule has 0 saturated carbocycles. The molecule has 0 bridgehead atoms. The summed E-state index contributed by atoms with van der Waals surface area (Å²) < 4.78 is 6.48. The molecule has 2 nitrogen and oxygen atoms in total. The quantitative estimate of drug-likeness (QED) is 0.749. The topological polar surface area (TPSA) is 21.3 Å². The lowest BCUT2D eigenvalue weighted by atomic mass is 9.98. The van der Waals surface area contributed by atoms with Crippen LogP contribution in [0.3, 0.4) is 0 Å². The molecular formula is C13H29NOSi. The zero-order valence-electron chi connectivity index (χ0n) is 12.1. The molecular weight excluding hydrogens is 214 g/mol.